The van der Waals surface area contributed by atoms with Gasteiger partial charge in [0.25, 0.3) is 0 Å². The van der Waals surface area contributed by atoms with E-state index in [1.165, 1.54) is 6.42 Å². The van der Waals surface area contributed by atoms with Gasteiger partial charge in [-0.05, 0) is 36.3 Å². The van der Waals surface area contributed by atoms with Crippen LogP contribution in [0, 0.1) is 11.8 Å². The third kappa shape index (κ3) is 2.70. The number of benzene rings is 1. The van der Waals surface area contributed by atoms with E-state index in [2.05, 4.69) is 23.3 Å². The maximum absolute atomic E-state index is 12.0. The molecule has 0 radical (unpaired) electrons. The van der Waals surface area contributed by atoms with Crippen LogP contribution in [0.15, 0.2) is 30.5 Å². The number of hydrogen-bond donors (Lipinski definition) is 3. The standard InChI is InChI=1S/C16H21N3O/c1-10-6-11(10)8-19-16(20)14(17)7-12-9-18-15-5-3-2-4-13(12)15/h2-5,9-11,14,18H,6-8,17H2,1H3,(H,19,20)/t10?,11?,14-/m1/s1. The Kier molecular flexibility index (Phi) is 3.49. The van der Waals surface area contributed by atoms with Crippen molar-refractivity contribution in [3.05, 3.63) is 36.0 Å². The first-order chi connectivity index (χ1) is 9.65. The SMILES string of the molecule is CC1CC1CNC(=O)[C@H](N)Cc1c[nH]c2ccccc12. The summed E-state index contributed by atoms with van der Waals surface area (Å²) in [7, 11) is 0. The van der Waals surface area contributed by atoms with Crippen LogP contribution < -0.4 is 11.1 Å². The highest BCUT2D eigenvalue weighted by molar-refractivity contribution is 5.86. The molecular weight excluding hydrogens is 250 g/mol. The first-order valence-corrected chi connectivity index (χ1v) is 7.23. The fourth-order valence-corrected chi connectivity index (χ4v) is 2.68. The van der Waals surface area contributed by atoms with Gasteiger partial charge in [-0.15, -0.1) is 0 Å². The lowest BCUT2D eigenvalue weighted by molar-refractivity contribution is -0.122. The molecule has 1 fully saturated rings. The molecule has 0 aliphatic heterocycles. The number of nitrogens with two attached hydrogens (primary N) is 1. The molecule has 106 valence electrons. The summed E-state index contributed by atoms with van der Waals surface area (Å²) in [5.41, 5.74) is 8.20. The Morgan fingerprint density at radius 3 is 3.00 bits per heavy atom. The maximum atomic E-state index is 12.0. The zero-order chi connectivity index (χ0) is 14.1. The summed E-state index contributed by atoms with van der Waals surface area (Å²) in [5.74, 6) is 1.36. The van der Waals surface area contributed by atoms with Crippen molar-refractivity contribution in [2.24, 2.45) is 17.6 Å². The molecule has 4 N–H and O–H groups in total. The molecule has 1 aliphatic rings. The average molecular weight is 271 g/mol. The average Bonchev–Trinajstić information content (AvgIpc) is 3.01. The van der Waals surface area contributed by atoms with Crippen LogP contribution in [-0.4, -0.2) is 23.5 Å². The van der Waals surface area contributed by atoms with Crippen molar-refractivity contribution in [2.45, 2.75) is 25.8 Å². The van der Waals surface area contributed by atoms with Gasteiger partial charge >= 0.3 is 0 Å². The summed E-state index contributed by atoms with van der Waals surface area (Å²) in [4.78, 5) is 15.2. The van der Waals surface area contributed by atoms with Crippen molar-refractivity contribution < 1.29 is 4.79 Å². The van der Waals surface area contributed by atoms with Gasteiger partial charge in [0.05, 0.1) is 6.04 Å². The molecule has 0 saturated heterocycles. The van der Waals surface area contributed by atoms with E-state index in [0.29, 0.717) is 12.3 Å². The zero-order valence-electron chi connectivity index (χ0n) is 11.7. The Morgan fingerprint density at radius 1 is 1.50 bits per heavy atom. The minimum absolute atomic E-state index is 0.0469. The van der Waals surface area contributed by atoms with Gasteiger partial charge in [0.1, 0.15) is 0 Å². The van der Waals surface area contributed by atoms with E-state index >= 15 is 0 Å². The van der Waals surface area contributed by atoms with Crippen molar-refractivity contribution in [1.82, 2.24) is 10.3 Å². The number of para-hydroxylation sites is 1. The summed E-state index contributed by atoms with van der Waals surface area (Å²) < 4.78 is 0. The molecule has 4 nitrogen and oxygen atoms in total. The van der Waals surface area contributed by atoms with Crippen molar-refractivity contribution in [3.8, 4) is 0 Å². The zero-order valence-corrected chi connectivity index (χ0v) is 11.7. The molecule has 1 heterocycles. The third-order valence-electron chi connectivity index (χ3n) is 4.27. The molecule has 2 unspecified atom stereocenters. The van der Waals surface area contributed by atoms with Crippen LogP contribution in [0.25, 0.3) is 10.9 Å². The molecule has 2 aromatic rings. The highest BCUT2D eigenvalue weighted by Crippen LogP contribution is 2.36. The largest absolute Gasteiger partial charge is 0.361 e. The van der Waals surface area contributed by atoms with Crippen LogP contribution >= 0.6 is 0 Å². The van der Waals surface area contributed by atoms with Gasteiger partial charge in [0.2, 0.25) is 5.91 Å². The van der Waals surface area contributed by atoms with E-state index in [9.17, 15) is 4.79 Å². The molecule has 3 rings (SSSR count). The van der Waals surface area contributed by atoms with E-state index in [1.54, 1.807) is 0 Å². The fourth-order valence-electron chi connectivity index (χ4n) is 2.68. The molecule has 0 bridgehead atoms. The number of aromatic amines is 1. The summed E-state index contributed by atoms with van der Waals surface area (Å²) >= 11 is 0. The van der Waals surface area contributed by atoms with Gasteiger partial charge in [-0.1, -0.05) is 25.1 Å². The van der Waals surface area contributed by atoms with E-state index in [4.69, 9.17) is 5.73 Å². The Morgan fingerprint density at radius 2 is 2.25 bits per heavy atom. The van der Waals surface area contributed by atoms with E-state index in [1.807, 2.05) is 24.4 Å². The minimum Gasteiger partial charge on any atom is -0.361 e. The predicted molar refractivity (Wildman–Crippen MR) is 80.3 cm³/mol. The van der Waals surface area contributed by atoms with Crippen LogP contribution in [0.4, 0.5) is 0 Å². The highest BCUT2D eigenvalue weighted by atomic mass is 16.2. The van der Waals surface area contributed by atoms with E-state index < -0.39 is 6.04 Å². The highest BCUT2D eigenvalue weighted by Gasteiger charge is 2.32. The molecule has 1 aromatic heterocycles. The van der Waals surface area contributed by atoms with Crippen molar-refractivity contribution >= 4 is 16.8 Å². The molecule has 1 amide bonds. The first-order valence-electron chi connectivity index (χ1n) is 7.23. The number of rotatable bonds is 5. The van der Waals surface area contributed by atoms with Gasteiger partial charge < -0.3 is 16.0 Å². The van der Waals surface area contributed by atoms with Crippen molar-refractivity contribution in [3.63, 3.8) is 0 Å². The lowest BCUT2D eigenvalue weighted by Gasteiger charge is -2.11. The second-order valence-corrected chi connectivity index (χ2v) is 5.89. The second kappa shape index (κ2) is 5.29. The molecule has 1 aliphatic carbocycles. The summed E-state index contributed by atoms with van der Waals surface area (Å²) in [6.07, 6.45) is 3.73. The van der Waals surface area contributed by atoms with Gasteiger partial charge in [-0.3, -0.25) is 4.79 Å². The van der Waals surface area contributed by atoms with E-state index in [0.717, 1.165) is 28.9 Å². The summed E-state index contributed by atoms with van der Waals surface area (Å²) in [5, 5.41) is 4.11. The number of carbonyl (C=O) groups is 1. The normalized spacial score (nSPS) is 22.7. The Bertz CT molecular complexity index is 619. The smallest absolute Gasteiger partial charge is 0.237 e. The number of carbonyl (C=O) groups excluding carboxylic acids is 1. The molecule has 1 saturated carbocycles. The third-order valence-corrected chi connectivity index (χ3v) is 4.27. The van der Waals surface area contributed by atoms with Gasteiger partial charge in [-0.2, -0.15) is 0 Å². The molecule has 3 atom stereocenters. The Labute approximate surface area is 118 Å². The monoisotopic (exact) mass is 271 g/mol. The molecule has 20 heavy (non-hydrogen) atoms. The minimum atomic E-state index is -0.483. The lowest BCUT2D eigenvalue weighted by Crippen LogP contribution is -2.42. The van der Waals surface area contributed by atoms with E-state index in [-0.39, 0.29) is 5.91 Å². The molecule has 1 aromatic carbocycles. The summed E-state index contributed by atoms with van der Waals surface area (Å²) in [6, 6.07) is 7.59. The van der Waals surface area contributed by atoms with Crippen LogP contribution in [-0.2, 0) is 11.2 Å². The van der Waals surface area contributed by atoms with Crippen molar-refractivity contribution in [1.29, 1.82) is 0 Å². The topological polar surface area (TPSA) is 70.9 Å². The number of aromatic nitrogens is 1. The molecule has 0 spiro atoms. The second-order valence-electron chi connectivity index (χ2n) is 5.89. The Balaban J connectivity index is 1.60. The summed E-state index contributed by atoms with van der Waals surface area (Å²) in [6.45, 7) is 2.98. The van der Waals surface area contributed by atoms with Crippen LogP contribution in [0.3, 0.4) is 0 Å². The maximum Gasteiger partial charge on any atom is 0.237 e. The molecular formula is C16H21N3O. The lowest BCUT2D eigenvalue weighted by atomic mass is 10.1. The number of amides is 1. The number of nitrogens with one attached hydrogen (secondary N) is 2. The quantitative estimate of drug-likeness (QED) is 0.776. The van der Waals surface area contributed by atoms with Crippen molar-refractivity contribution in [2.75, 3.05) is 6.54 Å². The number of hydrogen-bond acceptors (Lipinski definition) is 2. The van der Waals surface area contributed by atoms with Gasteiger partial charge in [-0.25, -0.2) is 0 Å². The molecule has 4 heteroatoms. The van der Waals surface area contributed by atoms with Crippen LogP contribution in [0.5, 0.6) is 0 Å². The first kappa shape index (κ1) is 13.2. The van der Waals surface area contributed by atoms with Crippen LogP contribution in [0.1, 0.15) is 18.9 Å². The Hall–Kier alpha value is -1.81. The number of fused-ring (bicyclic) bond motifs is 1. The predicted octanol–water partition coefficient (Wildman–Crippen LogP) is 1.81. The van der Waals surface area contributed by atoms with Gasteiger partial charge in [0, 0.05) is 23.6 Å². The van der Waals surface area contributed by atoms with Crippen LogP contribution in [0.2, 0.25) is 0 Å². The number of H-pyrrole nitrogens is 1. The fraction of sp³-hybridized carbons (Fsp3) is 0.438. The van der Waals surface area contributed by atoms with Gasteiger partial charge in [0.15, 0.2) is 0 Å².